The van der Waals surface area contributed by atoms with E-state index in [9.17, 15) is 4.79 Å². The predicted octanol–water partition coefficient (Wildman–Crippen LogP) is 0.612. The Labute approximate surface area is 106 Å². The molecule has 0 saturated carbocycles. The van der Waals surface area contributed by atoms with Crippen molar-refractivity contribution in [3.8, 4) is 18.2 Å². The van der Waals surface area contributed by atoms with E-state index in [1.165, 1.54) is 6.20 Å². The van der Waals surface area contributed by atoms with Crippen molar-refractivity contribution in [3.63, 3.8) is 0 Å². The Morgan fingerprint density at radius 2 is 2.61 bits per heavy atom. The molecular formula is C13H14N2O3. The molecule has 94 valence electrons. The number of carbonyl (C=O) groups is 1. The number of ether oxygens (including phenoxy) is 2. The minimum atomic E-state index is -0.233. The molecule has 0 radical (unpaired) electrons. The third kappa shape index (κ3) is 3.22. The van der Waals surface area contributed by atoms with E-state index < -0.39 is 0 Å². The summed E-state index contributed by atoms with van der Waals surface area (Å²) in [5, 5.41) is 2.59. The fourth-order valence-electron chi connectivity index (χ4n) is 1.63. The lowest BCUT2D eigenvalue weighted by Gasteiger charge is -2.11. The summed E-state index contributed by atoms with van der Waals surface area (Å²) in [6, 6.07) is 3.22. The Morgan fingerprint density at radius 1 is 1.72 bits per heavy atom. The van der Waals surface area contributed by atoms with E-state index in [2.05, 4.69) is 16.2 Å². The maximum Gasteiger partial charge on any atom is 0.252 e. The minimum absolute atomic E-state index is 0.0153. The Kier molecular flexibility index (Phi) is 4.15. The van der Waals surface area contributed by atoms with Crippen molar-refractivity contribution >= 4 is 5.91 Å². The van der Waals surface area contributed by atoms with Gasteiger partial charge in [0.25, 0.3) is 5.91 Å². The van der Waals surface area contributed by atoms with Gasteiger partial charge in [0.15, 0.2) is 0 Å². The monoisotopic (exact) mass is 246 g/mol. The number of carbonyl (C=O) groups excluding carboxylic acids is 1. The summed E-state index contributed by atoms with van der Waals surface area (Å²) in [6.45, 7) is 1.47. The summed E-state index contributed by atoms with van der Waals surface area (Å²) in [7, 11) is 0. The third-order valence-corrected chi connectivity index (χ3v) is 2.52. The van der Waals surface area contributed by atoms with Crippen LogP contribution in [0.4, 0.5) is 0 Å². The van der Waals surface area contributed by atoms with Gasteiger partial charge in [-0.05, 0) is 6.07 Å². The van der Waals surface area contributed by atoms with E-state index in [4.69, 9.17) is 15.9 Å². The minimum Gasteiger partial charge on any atom is -0.472 e. The molecule has 0 bridgehead atoms. The van der Waals surface area contributed by atoms with Crippen molar-refractivity contribution in [2.75, 3.05) is 19.8 Å². The van der Waals surface area contributed by atoms with E-state index >= 15 is 0 Å². The molecule has 1 amide bonds. The van der Waals surface area contributed by atoms with E-state index in [1.54, 1.807) is 12.1 Å². The van der Waals surface area contributed by atoms with E-state index in [0.29, 0.717) is 24.7 Å². The largest absolute Gasteiger partial charge is 0.472 e. The number of amides is 1. The van der Waals surface area contributed by atoms with Gasteiger partial charge in [0.2, 0.25) is 5.88 Å². The first-order valence-electron chi connectivity index (χ1n) is 5.71. The lowest BCUT2D eigenvalue weighted by Crippen LogP contribution is -2.24. The molecule has 0 aromatic carbocycles. The van der Waals surface area contributed by atoms with Crippen LogP contribution in [0.1, 0.15) is 16.8 Å². The zero-order chi connectivity index (χ0) is 12.8. The Morgan fingerprint density at radius 3 is 3.33 bits per heavy atom. The van der Waals surface area contributed by atoms with Gasteiger partial charge in [-0.1, -0.05) is 5.92 Å². The third-order valence-electron chi connectivity index (χ3n) is 2.52. The first kappa shape index (κ1) is 12.4. The SMILES string of the molecule is C#CCNC(=O)c1ccnc(O[C@@H]2CCOC2)c1. The van der Waals surface area contributed by atoms with E-state index in [1.807, 2.05) is 0 Å². The average molecular weight is 246 g/mol. The summed E-state index contributed by atoms with van der Waals surface area (Å²) < 4.78 is 10.8. The number of pyridine rings is 1. The first-order valence-corrected chi connectivity index (χ1v) is 5.71. The molecule has 0 aliphatic carbocycles. The van der Waals surface area contributed by atoms with Crippen molar-refractivity contribution < 1.29 is 14.3 Å². The Balaban J connectivity index is 2.00. The molecule has 1 saturated heterocycles. The van der Waals surface area contributed by atoms with Crippen LogP contribution < -0.4 is 10.1 Å². The number of rotatable bonds is 4. The molecule has 5 heteroatoms. The summed E-state index contributed by atoms with van der Waals surface area (Å²) in [5.74, 6) is 2.54. The van der Waals surface area contributed by atoms with Crippen LogP contribution in [-0.4, -0.2) is 36.8 Å². The van der Waals surface area contributed by atoms with Gasteiger partial charge in [0.1, 0.15) is 6.10 Å². The maximum absolute atomic E-state index is 11.7. The second-order valence-electron chi connectivity index (χ2n) is 3.87. The highest BCUT2D eigenvalue weighted by Gasteiger charge is 2.18. The van der Waals surface area contributed by atoms with Crippen LogP contribution in [-0.2, 0) is 4.74 Å². The van der Waals surface area contributed by atoms with Crippen LogP contribution >= 0.6 is 0 Å². The number of nitrogens with zero attached hydrogens (tertiary/aromatic N) is 1. The van der Waals surface area contributed by atoms with Gasteiger partial charge in [0, 0.05) is 24.2 Å². The van der Waals surface area contributed by atoms with Crippen molar-refractivity contribution in [2.24, 2.45) is 0 Å². The molecule has 2 rings (SSSR count). The zero-order valence-corrected chi connectivity index (χ0v) is 9.89. The van der Waals surface area contributed by atoms with Gasteiger partial charge in [-0.3, -0.25) is 4.79 Å². The molecule has 0 unspecified atom stereocenters. The topological polar surface area (TPSA) is 60.5 Å². The lowest BCUT2D eigenvalue weighted by atomic mass is 10.2. The highest BCUT2D eigenvalue weighted by molar-refractivity contribution is 5.94. The van der Waals surface area contributed by atoms with Crippen LogP contribution in [0, 0.1) is 12.3 Å². The maximum atomic E-state index is 11.7. The van der Waals surface area contributed by atoms with Gasteiger partial charge < -0.3 is 14.8 Å². The molecule has 1 N–H and O–H groups in total. The number of terminal acetylenes is 1. The summed E-state index contributed by atoms with van der Waals surface area (Å²) in [4.78, 5) is 15.7. The van der Waals surface area contributed by atoms with Crippen molar-refractivity contribution in [1.82, 2.24) is 10.3 Å². The average Bonchev–Trinajstić information content (AvgIpc) is 2.89. The van der Waals surface area contributed by atoms with Crippen molar-refractivity contribution in [2.45, 2.75) is 12.5 Å². The van der Waals surface area contributed by atoms with Crippen LogP contribution in [0.2, 0.25) is 0 Å². The summed E-state index contributed by atoms with van der Waals surface area (Å²) >= 11 is 0. The number of hydrogen-bond donors (Lipinski definition) is 1. The highest BCUT2D eigenvalue weighted by atomic mass is 16.5. The van der Waals surface area contributed by atoms with Gasteiger partial charge in [0.05, 0.1) is 19.8 Å². The van der Waals surface area contributed by atoms with Crippen LogP contribution in [0.5, 0.6) is 5.88 Å². The lowest BCUT2D eigenvalue weighted by molar-refractivity contribution is 0.0957. The molecule has 1 aliphatic rings. The van der Waals surface area contributed by atoms with Crippen molar-refractivity contribution in [3.05, 3.63) is 23.9 Å². The normalized spacial score (nSPS) is 18.1. The second kappa shape index (κ2) is 6.03. The smallest absolute Gasteiger partial charge is 0.252 e. The van der Waals surface area contributed by atoms with Crippen LogP contribution in [0.15, 0.2) is 18.3 Å². The molecule has 1 fully saturated rings. The van der Waals surface area contributed by atoms with Gasteiger partial charge in [-0.25, -0.2) is 4.98 Å². The fourth-order valence-corrected chi connectivity index (χ4v) is 1.63. The fraction of sp³-hybridized carbons (Fsp3) is 0.385. The number of nitrogens with one attached hydrogen (secondary N) is 1. The molecule has 1 atom stereocenters. The first-order chi connectivity index (χ1) is 8.79. The van der Waals surface area contributed by atoms with Gasteiger partial charge >= 0.3 is 0 Å². The van der Waals surface area contributed by atoms with Crippen LogP contribution in [0.25, 0.3) is 0 Å². The van der Waals surface area contributed by atoms with Crippen LogP contribution in [0.3, 0.4) is 0 Å². The van der Waals surface area contributed by atoms with Gasteiger partial charge in [-0.2, -0.15) is 0 Å². The predicted molar refractivity (Wildman–Crippen MR) is 65.3 cm³/mol. The number of hydrogen-bond acceptors (Lipinski definition) is 4. The summed E-state index contributed by atoms with van der Waals surface area (Å²) in [6.07, 6.45) is 7.47. The Hall–Kier alpha value is -2.06. The molecule has 1 aromatic heterocycles. The van der Waals surface area contributed by atoms with Crippen molar-refractivity contribution in [1.29, 1.82) is 0 Å². The molecule has 1 aliphatic heterocycles. The second-order valence-corrected chi connectivity index (χ2v) is 3.87. The number of aromatic nitrogens is 1. The van der Waals surface area contributed by atoms with Gasteiger partial charge in [-0.15, -0.1) is 6.42 Å². The highest BCUT2D eigenvalue weighted by Crippen LogP contribution is 2.15. The zero-order valence-electron chi connectivity index (χ0n) is 9.89. The molecular weight excluding hydrogens is 232 g/mol. The van der Waals surface area contributed by atoms with E-state index in [-0.39, 0.29) is 18.6 Å². The molecule has 5 nitrogen and oxygen atoms in total. The van der Waals surface area contributed by atoms with E-state index in [0.717, 1.165) is 6.42 Å². The molecule has 0 spiro atoms. The Bertz CT molecular complexity index is 462. The quantitative estimate of drug-likeness (QED) is 0.791. The standard InChI is InChI=1S/C13H14N2O3/c1-2-5-15-13(16)10-3-6-14-12(8-10)18-11-4-7-17-9-11/h1,3,6,8,11H,4-5,7,9H2,(H,15,16)/t11-/m1/s1. The molecule has 2 heterocycles. The summed E-state index contributed by atoms with van der Waals surface area (Å²) in [5.41, 5.74) is 0.481. The molecule has 18 heavy (non-hydrogen) atoms. The molecule has 1 aromatic rings.